The largest absolute Gasteiger partial charge is 0.264 e. The van der Waals surface area contributed by atoms with Crippen LogP contribution in [0.5, 0.6) is 0 Å². The average Bonchev–Trinajstić information content (AvgIpc) is 2.06. The zero-order chi connectivity index (χ0) is 11.6. The summed E-state index contributed by atoms with van der Waals surface area (Å²) in [5, 5.41) is 0. The second-order valence-corrected chi connectivity index (χ2v) is 5.85. The van der Waals surface area contributed by atoms with E-state index in [0.717, 1.165) is 23.8 Å². The number of hydrogen-bond donors (Lipinski definition) is 0. The molecule has 15 heavy (non-hydrogen) atoms. The molecule has 0 saturated carbocycles. The Kier molecular flexibility index (Phi) is 3.73. The van der Waals surface area contributed by atoms with Gasteiger partial charge < -0.3 is 0 Å². The Bertz CT molecular complexity index is 379. The van der Waals surface area contributed by atoms with E-state index in [0.29, 0.717) is 12.3 Å². The topological polar surface area (TPSA) is 43.4 Å². The first-order valence-corrected chi connectivity index (χ1v) is 6.81. The van der Waals surface area contributed by atoms with E-state index in [-0.39, 0.29) is 6.10 Å². The normalized spacial score (nSPS) is 27.3. The highest BCUT2D eigenvalue weighted by atomic mass is 32.2. The molecule has 0 spiro atoms. The van der Waals surface area contributed by atoms with E-state index in [4.69, 9.17) is 4.18 Å². The summed E-state index contributed by atoms with van der Waals surface area (Å²) in [5.41, 5.74) is 2.08. The van der Waals surface area contributed by atoms with E-state index in [9.17, 15) is 8.42 Å². The molecule has 1 rings (SSSR count). The van der Waals surface area contributed by atoms with Gasteiger partial charge in [0.05, 0.1) is 12.4 Å². The first kappa shape index (κ1) is 12.5. The summed E-state index contributed by atoms with van der Waals surface area (Å²) >= 11 is 0. The van der Waals surface area contributed by atoms with Crippen LogP contribution >= 0.6 is 0 Å². The van der Waals surface area contributed by atoms with Crippen LogP contribution in [0.15, 0.2) is 23.8 Å². The Morgan fingerprint density at radius 2 is 2.20 bits per heavy atom. The van der Waals surface area contributed by atoms with Crippen LogP contribution in [-0.4, -0.2) is 20.8 Å². The predicted molar refractivity (Wildman–Crippen MR) is 61.0 cm³/mol. The van der Waals surface area contributed by atoms with Crippen LogP contribution in [-0.2, 0) is 14.3 Å². The minimum Gasteiger partial charge on any atom is -0.262 e. The van der Waals surface area contributed by atoms with E-state index in [1.54, 1.807) is 0 Å². The molecule has 1 aliphatic rings. The Labute approximate surface area is 92.0 Å². The lowest BCUT2D eigenvalue weighted by Gasteiger charge is -2.27. The molecule has 0 radical (unpaired) electrons. The van der Waals surface area contributed by atoms with Gasteiger partial charge in [0.25, 0.3) is 10.1 Å². The monoisotopic (exact) mass is 230 g/mol. The van der Waals surface area contributed by atoms with Gasteiger partial charge in [-0.25, -0.2) is 0 Å². The molecule has 1 aliphatic carbocycles. The van der Waals surface area contributed by atoms with Gasteiger partial charge in [-0.05, 0) is 38.2 Å². The maximum Gasteiger partial charge on any atom is 0.264 e. The van der Waals surface area contributed by atoms with Crippen LogP contribution in [0.25, 0.3) is 0 Å². The predicted octanol–water partition coefficient (Wildman–Crippen LogP) is 2.26. The molecular weight excluding hydrogens is 212 g/mol. The van der Waals surface area contributed by atoms with Crippen molar-refractivity contribution in [1.29, 1.82) is 0 Å². The molecule has 0 saturated heterocycles. The minimum atomic E-state index is -3.38. The summed E-state index contributed by atoms with van der Waals surface area (Å²) in [4.78, 5) is 0. The molecule has 0 aromatic carbocycles. The SMILES string of the molecule is C=C(C)C1CC=C(C)C(OS(C)(=O)=O)C1. The average molecular weight is 230 g/mol. The van der Waals surface area contributed by atoms with Crippen LogP contribution < -0.4 is 0 Å². The lowest BCUT2D eigenvalue weighted by molar-refractivity contribution is 0.208. The van der Waals surface area contributed by atoms with Gasteiger partial charge in [0.15, 0.2) is 0 Å². The van der Waals surface area contributed by atoms with Crippen molar-refractivity contribution >= 4 is 10.1 Å². The minimum absolute atomic E-state index is 0.310. The van der Waals surface area contributed by atoms with Gasteiger partial charge in [0, 0.05) is 0 Å². The number of rotatable bonds is 3. The van der Waals surface area contributed by atoms with Crippen LogP contribution in [0.4, 0.5) is 0 Å². The van der Waals surface area contributed by atoms with Gasteiger partial charge in [-0.15, -0.1) is 0 Å². The lowest BCUT2D eigenvalue weighted by Crippen LogP contribution is -2.25. The third-order valence-electron chi connectivity index (χ3n) is 2.72. The molecule has 4 heteroatoms. The van der Waals surface area contributed by atoms with Gasteiger partial charge in [-0.2, -0.15) is 8.42 Å². The van der Waals surface area contributed by atoms with Gasteiger partial charge in [-0.3, -0.25) is 4.18 Å². The molecular formula is C11H18O3S. The number of allylic oxidation sites excluding steroid dienone is 2. The third kappa shape index (κ3) is 3.80. The standard InChI is InChI=1S/C11H18O3S/c1-8(2)10-6-5-9(3)11(7-10)14-15(4,12)13/h5,10-11H,1,6-7H2,2-4H3. The highest BCUT2D eigenvalue weighted by molar-refractivity contribution is 7.86. The zero-order valence-electron chi connectivity index (χ0n) is 9.49. The van der Waals surface area contributed by atoms with Gasteiger partial charge in [-0.1, -0.05) is 18.2 Å². The summed E-state index contributed by atoms with van der Waals surface area (Å²) in [6, 6.07) is 0. The van der Waals surface area contributed by atoms with Crippen LogP contribution in [0, 0.1) is 5.92 Å². The van der Waals surface area contributed by atoms with E-state index in [1.807, 2.05) is 19.9 Å². The molecule has 0 amide bonds. The number of hydrogen-bond acceptors (Lipinski definition) is 3. The van der Waals surface area contributed by atoms with Crippen molar-refractivity contribution in [3.8, 4) is 0 Å². The summed E-state index contributed by atoms with van der Waals surface area (Å²) in [6.07, 6.45) is 4.47. The van der Waals surface area contributed by atoms with Gasteiger partial charge >= 0.3 is 0 Å². The Hall–Kier alpha value is -0.610. The fraction of sp³-hybridized carbons (Fsp3) is 0.636. The highest BCUT2D eigenvalue weighted by Crippen LogP contribution is 2.30. The van der Waals surface area contributed by atoms with Crippen molar-refractivity contribution in [3.05, 3.63) is 23.8 Å². The molecule has 2 atom stereocenters. The van der Waals surface area contributed by atoms with Crippen LogP contribution in [0.1, 0.15) is 26.7 Å². The van der Waals surface area contributed by atoms with Crippen LogP contribution in [0.2, 0.25) is 0 Å². The Balaban J connectivity index is 2.77. The lowest BCUT2D eigenvalue weighted by atomic mass is 9.84. The summed E-state index contributed by atoms with van der Waals surface area (Å²) in [6.45, 7) is 7.78. The summed E-state index contributed by atoms with van der Waals surface area (Å²) < 4.78 is 27.1. The molecule has 0 fully saturated rings. The van der Waals surface area contributed by atoms with Crippen molar-refractivity contribution in [1.82, 2.24) is 0 Å². The molecule has 0 aromatic rings. The molecule has 2 unspecified atom stereocenters. The van der Waals surface area contributed by atoms with Crippen molar-refractivity contribution < 1.29 is 12.6 Å². The van der Waals surface area contributed by atoms with Crippen molar-refractivity contribution in [3.63, 3.8) is 0 Å². The van der Waals surface area contributed by atoms with Crippen molar-refractivity contribution in [2.24, 2.45) is 5.92 Å². The molecule has 0 bridgehead atoms. The van der Waals surface area contributed by atoms with E-state index in [1.165, 1.54) is 0 Å². The quantitative estimate of drug-likeness (QED) is 0.552. The van der Waals surface area contributed by atoms with Gasteiger partial charge in [0.1, 0.15) is 0 Å². The Morgan fingerprint density at radius 3 is 2.67 bits per heavy atom. The van der Waals surface area contributed by atoms with E-state index < -0.39 is 10.1 Å². The fourth-order valence-corrected chi connectivity index (χ4v) is 2.38. The molecule has 0 heterocycles. The molecule has 86 valence electrons. The van der Waals surface area contributed by atoms with E-state index in [2.05, 4.69) is 6.58 Å². The molecule has 0 N–H and O–H groups in total. The smallest absolute Gasteiger partial charge is 0.262 e. The highest BCUT2D eigenvalue weighted by Gasteiger charge is 2.25. The van der Waals surface area contributed by atoms with Crippen molar-refractivity contribution in [2.75, 3.05) is 6.26 Å². The first-order chi connectivity index (χ1) is 6.79. The zero-order valence-corrected chi connectivity index (χ0v) is 10.3. The van der Waals surface area contributed by atoms with Crippen LogP contribution in [0.3, 0.4) is 0 Å². The maximum absolute atomic E-state index is 11.0. The summed E-state index contributed by atoms with van der Waals surface area (Å²) in [5.74, 6) is 0.334. The maximum atomic E-state index is 11.0. The Morgan fingerprint density at radius 1 is 1.60 bits per heavy atom. The molecule has 0 aromatic heterocycles. The van der Waals surface area contributed by atoms with Gasteiger partial charge in [0.2, 0.25) is 0 Å². The molecule has 0 aliphatic heterocycles. The summed E-state index contributed by atoms with van der Waals surface area (Å²) in [7, 11) is -3.38. The van der Waals surface area contributed by atoms with Crippen molar-refractivity contribution in [2.45, 2.75) is 32.8 Å². The second-order valence-electron chi connectivity index (χ2n) is 4.25. The second kappa shape index (κ2) is 4.49. The molecule has 3 nitrogen and oxygen atoms in total. The third-order valence-corrected chi connectivity index (χ3v) is 3.30. The van der Waals surface area contributed by atoms with E-state index >= 15 is 0 Å². The first-order valence-electron chi connectivity index (χ1n) is 5.00. The fourth-order valence-electron chi connectivity index (χ4n) is 1.73.